The molecule has 8 nitrogen and oxygen atoms in total. The fourth-order valence-corrected chi connectivity index (χ4v) is 7.91. The predicted molar refractivity (Wildman–Crippen MR) is 169 cm³/mol. The van der Waals surface area contributed by atoms with E-state index in [1.54, 1.807) is 15.9 Å². The summed E-state index contributed by atoms with van der Waals surface area (Å²) in [7, 11) is 0. The number of hydrogen-bond donors (Lipinski definition) is 1. The van der Waals surface area contributed by atoms with Gasteiger partial charge < -0.3 is 15.4 Å². The highest BCUT2D eigenvalue weighted by Crippen LogP contribution is 2.49. The van der Waals surface area contributed by atoms with E-state index in [1.807, 2.05) is 0 Å². The summed E-state index contributed by atoms with van der Waals surface area (Å²) in [5, 5.41) is 10.4. The highest BCUT2D eigenvalue weighted by Gasteiger charge is 2.57. The van der Waals surface area contributed by atoms with Gasteiger partial charge >= 0.3 is 6.01 Å². The van der Waals surface area contributed by atoms with Crippen LogP contribution in [0.5, 0.6) is 6.01 Å². The molecule has 2 N–H and O–H groups in total. The number of terminal acetylenes is 1. The Morgan fingerprint density at radius 2 is 2.06 bits per heavy atom. The molecule has 4 aliphatic rings. The first-order valence-electron chi connectivity index (χ1n) is 16.7. The van der Waals surface area contributed by atoms with Gasteiger partial charge in [0.15, 0.2) is 5.82 Å². The standard InChI is InChI=1S/C35H31F4N7O/c1-2-22-26(37)5-4-19-11-21(41)12-23(27(19)22)30-29(39)31-25(15-42-30)33(46-9-6-18(14-40)10-24-28(38)32(24)46)44-34(43-31)47-17-35-7-3-8-45(35)16-20(36)13-35/h1,4-5,11-12,15,18,20,24,28,32H,3,6-10,13,16-17,41H2/t18-,20-,24+,28+,32+,35+/m1/s1/i17D2. The summed E-state index contributed by atoms with van der Waals surface area (Å²) in [4.78, 5) is 16.7. The summed E-state index contributed by atoms with van der Waals surface area (Å²) >= 11 is 0. The van der Waals surface area contributed by atoms with E-state index in [0.29, 0.717) is 37.6 Å². The molecule has 0 bridgehead atoms. The minimum absolute atomic E-state index is 0.0690. The number of rotatable bonds is 5. The van der Waals surface area contributed by atoms with Gasteiger partial charge in [0.25, 0.3) is 0 Å². The van der Waals surface area contributed by atoms with E-state index >= 15 is 8.78 Å². The lowest BCUT2D eigenvalue weighted by Crippen LogP contribution is -2.43. The van der Waals surface area contributed by atoms with Crippen LogP contribution in [0, 0.1) is 47.1 Å². The van der Waals surface area contributed by atoms with Crippen molar-refractivity contribution < 1.29 is 25.0 Å². The van der Waals surface area contributed by atoms with Crippen LogP contribution in [0.4, 0.5) is 29.1 Å². The predicted octanol–water partition coefficient (Wildman–Crippen LogP) is 5.72. The lowest BCUT2D eigenvalue weighted by atomic mass is 9.95. The van der Waals surface area contributed by atoms with Crippen LogP contribution in [0.3, 0.4) is 0 Å². The molecule has 0 radical (unpaired) electrons. The van der Waals surface area contributed by atoms with Gasteiger partial charge in [-0.05, 0) is 55.8 Å². The minimum atomic E-state index is -2.49. The average Bonchev–Trinajstić information content (AvgIpc) is 3.37. The third-order valence-corrected chi connectivity index (χ3v) is 10.2. The molecule has 4 aromatic rings. The molecule has 12 heteroatoms. The lowest BCUT2D eigenvalue weighted by Gasteiger charge is -2.31. The van der Waals surface area contributed by atoms with Crippen LogP contribution in [-0.2, 0) is 0 Å². The Hall–Kier alpha value is -4.68. The molecule has 2 aromatic carbocycles. The number of pyridine rings is 1. The zero-order valence-corrected chi connectivity index (χ0v) is 25.2. The number of nitriles is 1. The average molecular weight is 644 g/mol. The Bertz CT molecular complexity index is 2120. The lowest BCUT2D eigenvalue weighted by molar-refractivity contribution is 0.107. The maximum Gasteiger partial charge on any atom is 0.319 e. The minimum Gasteiger partial charge on any atom is -0.461 e. The van der Waals surface area contributed by atoms with Crippen LogP contribution < -0.4 is 15.4 Å². The van der Waals surface area contributed by atoms with Gasteiger partial charge in [0.1, 0.15) is 41.7 Å². The second kappa shape index (κ2) is 11.0. The van der Waals surface area contributed by atoms with Crippen molar-refractivity contribution >= 4 is 33.2 Å². The normalized spacial score (nSPS) is 29.4. The van der Waals surface area contributed by atoms with Crippen LogP contribution in [0.2, 0.25) is 0 Å². The monoisotopic (exact) mass is 643 g/mol. The second-order valence-electron chi connectivity index (χ2n) is 13.0. The van der Waals surface area contributed by atoms with Crippen molar-refractivity contribution in [1.29, 1.82) is 5.26 Å². The first-order valence-corrected chi connectivity index (χ1v) is 15.7. The largest absolute Gasteiger partial charge is 0.461 e. The summed E-state index contributed by atoms with van der Waals surface area (Å²) in [6.45, 7) is -1.70. The molecule has 240 valence electrons. The van der Waals surface area contributed by atoms with Gasteiger partial charge in [-0.3, -0.25) is 9.88 Å². The molecule has 2 aromatic heterocycles. The molecule has 3 aliphatic heterocycles. The van der Waals surface area contributed by atoms with Gasteiger partial charge in [0, 0.05) is 54.2 Å². The van der Waals surface area contributed by atoms with Gasteiger partial charge in [-0.1, -0.05) is 12.0 Å². The van der Waals surface area contributed by atoms with E-state index in [1.165, 1.54) is 24.4 Å². The van der Waals surface area contributed by atoms with Crippen LogP contribution in [-0.4, -0.2) is 70.0 Å². The fourth-order valence-electron chi connectivity index (χ4n) is 7.91. The Balaban J connectivity index is 1.32. The molecule has 1 aliphatic carbocycles. The summed E-state index contributed by atoms with van der Waals surface area (Å²) < 4.78 is 85.8. The quantitative estimate of drug-likeness (QED) is 0.167. The number of aromatic nitrogens is 3. The number of hydrogen-bond acceptors (Lipinski definition) is 8. The van der Waals surface area contributed by atoms with Crippen molar-refractivity contribution in [3.8, 4) is 35.7 Å². The van der Waals surface area contributed by atoms with Crippen molar-refractivity contribution in [2.45, 2.75) is 56.0 Å². The highest BCUT2D eigenvalue weighted by molar-refractivity contribution is 6.03. The number of nitrogens with zero attached hydrogens (tertiary/aromatic N) is 6. The van der Waals surface area contributed by atoms with Gasteiger partial charge in [-0.15, -0.1) is 6.42 Å². The Kier molecular flexibility index (Phi) is 6.39. The molecule has 5 heterocycles. The summed E-state index contributed by atoms with van der Waals surface area (Å²) in [5.74, 6) is -0.0694. The first-order chi connectivity index (χ1) is 23.5. The molecular weight excluding hydrogens is 610 g/mol. The number of nitrogens with two attached hydrogens (primary N) is 1. The third-order valence-electron chi connectivity index (χ3n) is 10.2. The maximum absolute atomic E-state index is 17.0. The molecule has 0 amide bonds. The third kappa shape index (κ3) is 4.72. The van der Waals surface area contributed by atoms with Crippen LogP contribution in [0.25, 0.3) is 32.9 Å². The number of benzene rings is 2. The number of halogens is 4. The number of ether oxygens (including phenoxy) is 1. The van der Waals surface area contributed by atoms with E-state index in [9.17, 15) is 14.0 Å². The maximum atomic E-state index is 17.0. The number of fused-ring (bicyclic) bond motifs is 4. The Morgan fingerprint density at radius 1 is 1.21 bits per heavy atom. The van der Waals surface area contributed by atoms with Crippen LogP contribution in [0.15, 0.2) is 30.5 Å². The smallest absolute Gasteiger partial charge is 0.319 e. The number of nitrogen functional groups attached to an aromatic ring is 1. The first kappa shape index (κ1) is 27.4. The Morgan fingerprint density at radius 3 is 2.87 bits per heavy atom. The topological polar surface area (TPSA) is 104 Å². The van der Waals surface area contributed by atoms with Crippen molar-refractivity contribution in [3.63, 3.8) is 0 Å². The molecular formula is C35H31F4N7O. The number of alkyl halides is 2. The molecule has 6 atom stereocenters. The van der Waals surface area contributed by atoms with E-state index < -0.39 is 54.0 Å². The van der Waals surface area contributed by atoms with Gasteiger partial charge in [-0.25, -0.2) is 17.6 Å². The second-order valence-corrected chi connectivity index (χ2v) is 13.0. The van der Waals surface area contributed by atoms with Crippen molar-refractivity contribution in [3.05, 3.63) is 47.7 Å². The molecule has 4 fully saturated rings. The fraction of sp³-hybridized carbons (Fsp3) is 0.429. The van der Waals surface area contributed by atoms with E-state index in [4.69, 9.17) is 19.6 Å². The van der Waals surface area contributed by atoms with Crippen molar-refractivity contribution in [1.82, 2.24) is 19.9 Å². The van der Waals surface area contributed by atoms with Crippen molar-refractivity contribution in [2.24, 2.45) is 11.8 Å². The van der Waals surface area contributed by atoms with E-state index in [-0.39, 0.29) is 70.0 Å². The molecule has 47 heavy (non-hydrogen) atoms. The van der Waals surface area contributed by atoms with Gasteiger partial charge in [0.2, 0.25) is 0 Å². The highest BCUT2D eigenvalue weighted by atomic mass is 19.1. The van der Waals surface area contributed by atoms with Gasteiger partial charge in [-0.2, -0.15) is 15.2 Å². The van der Waals surface area contributed by atoms with Crippen LogP contribution >= 0.6 is 0 Å². The zero-order chi connectivity index (χ0) is 34.4. The zero-order valence-electron chi connectivity index (χ0n) is 27.2. The molecule has 0 spiro atoms. The van der Waals surface area contributed by atoms with E-state index in [2.05, 4.69) is 26.9 Å². The molecule has 8 rings (SSSR count). The SMILES string of the molecule is [2H]C([2H])(Oc1nc(N2CC[C@@H](C#N)C[C@H]3[C@H](F)[C@H]32)c2cnc(-c3cc(N)cc4ccc(F)c(C#C)c34)c(F)c2n1)[C@@]12CCCN1C[C@H](F)C2. The van der Waals surface area contributed by atoms with Crippen LogP contribution in [0.1, 0.15) is 40.4 Å². The summed E-state index contributed by atoms with van der Waals surface area (Å²) in [5.41, 5.74) is 4.58. The Labute approximate surface area is 271 Å². The molecule has 1 saturated carbocycles. The summed E-state index contributed by atoms with van der Waals surface area (Å²) in [6.07, 6.45) is 6.16. The van der Waals surface area contributed by atoms with Crippen molar-refractivity contribution in [2.75, 3.05) is 36.8 Å². The molecule has 0 unspecified atom stereocenters. The number of anilines is 2. The molecule has 3 saturated heterocycles. The summed E-state index contributed by atoms with van der Waals surface area (Å²) in [6, 6.07) is 6.75. The van der Waals surface area contributed by atoms with E-state index in [0.717, 1.165) is 0 Å². The van der Waals surface area contributed by atoms with Gasteiger partial charge in [0.05, 0.1) is 31.3 Å².